The van der Waals surface area contributed by atoms with Gasteiger partial charge in [0.05, 0.1) is 0 Å². The lowest BCUT2D eigenvalue weighted by atomic mass is 9.96. The molecule has 0 spiro atoms. The number of nitrogens with two attached hydrogens (primary N) is 1. The van der Waals surface area contributed by atoms with Gasteiger partial charge < -0.3 is 10.6 Å². The normalized spacial score (nSPS) is 17.2. The van der Waals surface area contributed by atoms with Gasteiger partial charge in [-0.15, -0.1) is 0 Å². The number of benzene rings is 1. The van der Waals surface area contributed by atoms with E-state index in [-0.39, 0.29) is 5.54 Å². The molecule has 1 saturated carbocycles. The third-order valence-electron chi connectivity index (χ3n) is 4.28. The molecule has 0 bridgehead atoms. The van der Waals surface area contributed by atoms with E-state index in [2.05, 4.69) is 50.9 Å². The Labute approximate surface area is 118 Å². The average Bonchev–Trinajstić information content (AvgIpc) is 3.05. The van der Waals surface area contributed by atoms with Crippen LogP contribution in [0, 0.1) is 6.92 Å². The average molecular weight is 260 g/mol. The van der Waals surface area contributed by atoms with Gasteiger partial charge in [-0.05, 0) is 55.8 Å². The molecule has 0 amide bonds. The summed E-state index contributed by atoms with van der Waals surface area (Å²) in [6.45, 7) is 8.86. The van der Waals surface area contributed by atoms with E-state index in [0.29, 0.717) is 5.92 Å². The van der Waals surface area contributed by atoms with Crippen LogP contribution in [0.2, 0.25) is 0 Å². The highest BCUT2D eigenvalue weighted by Gasteiger charge is 2.38. The molecule has 1 fully saturated rings. The predicted octanol–water partition coefficient (Wildman–Crippen LogP) is 3.08. The van der Waals surface area contributed by atoms with Crippen LogP contribution in [0.3, 0.4) is 0 Å². The number of rotatable bonds is 6. The van der Waals surface area contributed by atoms with E-state index in [1.165, 1.54) is 29.5 Å². The largest absolute Gasteiger partial charge is 0.324 e. The van der Waals surface area contributed by atoms with Crippen LogP contribution in [-0.4, -0.2) is 30.6 Å². The van der Waals surface area contributed by atoms with E-state index in [0.717, 1.165) is 19.5 Å². The maximum Gasteiger partial charge on any atom is 0.0284 e. The summed E-state index contributed by atoms with van der Waals surface area (Å²) in [5.41, 5.74) is 10.6. The molecule has 19 heavy (non-hydrogen) atoms. The smallest absolute Gasteiger partial charge is 0.0284 e. The molecule has 0 atom stereocenters. The van der Waals surface area contributed by atoms with Crippen LogP contribution in [0.1, 0.15) is 49.3 Å². The van der Waals surface area contributed by atoms with Crippen molar-refractivity contribution in [3.05, 3.63) is 34.9 Å². The summed E-state index contributed by atoms with van der Waals surface area (Å²) in [7, 11) is 2.19. The minimum absolute atomic E-state index is 0.129. The van der Waals surface area contributed by atoms with Gasteiger partial charge in [0.25, 0.3) is 0 Å². The molecule has 0 radical (unpaired) electrons. The first kappa shape index (κ1) is 14.5. The van der Waals surface area contributed by atoms with Gasteiger partial charge in [0.1, 0.15) is 0 Å². The second-order valence-electron chi connectivity index (χ2n) is 6.69. The van der Waals surface area contributed by atoms with Crippen molar-refractivity contribution in [1.29, 1.82) is 0 Å². The summed E-state index contributed by atoms with van der Waals surface area (Å²) in [6, 6.07) is 6.89. The second kappa shape index (κ2) is 5.64. The standard InChI is InChI=1S/C17H28N2/c1-13(2)15-6-5-14(3)16(11-15)7-10-19(4)12-17(18)8-9-17/h5-6,11,13H,7-10,12,18H2,1-4H3. The van der Waals surface area contributed by atoms with E-state index in [4.69, 9.17) is 5.73 Å². The number of nitrogens with zero attached hydrogens (tertiary/aromatic N) is 1. The summed E-state index contributed by atoms with van der Waals surface area (Å²) >= 11 is 0. The van der Waals surface area contributed by atoms with Crippen molar-refractivity contribution in [2.45, 2.75) is 51.5 Å². The van der Waals surface area contributed by atoms with Crippen molar-refractivity contribution < 1.29 is 0 Å². The van der Waals surface area contributed by atoms with Crippen molar-refractivity contribution in [2.75, 3.05) is 20.1 Å². The Morgan fingerprint density at radius 3 is 2.58 bits per heavy atom. The monoisotopic (exact) mass is 260 g/mol. The van der Waals surface area contributed by atoms with Gasteiger partial charge in [-0.1, -0.05) is 32.0 Å². The first-order valence-electron chi connectivity index (χ1n) is 7.46. The molecule has 0 saturated heterocycles. The lowest BCUT2D eigenvalue weighted by molar-refractivity contribution is 0.306. The highest BCUT2D eigenvalue weighted by atomic mass is 15.1. The van der Waals surface area contributed by atoms with Crippen LogP contribution in [0.4, 0.5) is 0 Å². The number of hydrogen-bond donors (Lipinski definition) is 1. The van der Waals surface area contributed by atoms with Gasteiger partial charge in [0, 0.05) is 18.6 Å². The number of likely N-dealkylation sites (N-methyl/N-ethyl adjacent to an activating group) is 1. The molecule has 2 rings (SSSR count). The second-order valence-corrected chi connectivity index (χ2v) is 6.69. The Bertz CT molecular complexity index is 433. The third kappa shape index (κ3) is 4.05. The molecule has 0 aliphatic heterocycles. The van der Waals surface area contributed by atoms with Crippen molar-refractivity contribution in [3.63, 3.8) is 0 Å². The first-order valence-corrected chi connectivity index (χ1v) is 7.46. The molecule has 2 nitrogen and oxygen atoms in total. The van der Waals surface area contributed by atoms with Crippen LogP contribution in [-0.2, 0) is 6.42 Å². The fourth-order valence-corrected chi connectivity index (χ4v) is 2.57. The van der Waals surface area contributed by atoms with Gasteiger partial charge in [-0.25, -0.2) is 0 Å². The van der Waals surface area contributed by atoms with Crippen molar-refractivity contribution in [3.8, 4) is 0 Å². The molecule has 1 aliphatic rings. The lowest BCUT2D eigenvalue weighted by Gasteiger charge is -2.21. The molecular weight excluding hydrogens is 232 g/mol. The Hall–Kier alpha value is -0.860. The van der Waals surface area contributed by atoms with Crippen LogP contribution in [0.5, 0.6) is 0 Å². The van der Waals surface area contributed by atoms with Crippen molar-refractivity contribution in [1.82, 2.24) is 4.90 Å². The molecule has 1 aromatic rings. The molecule has 1 aliphatic carbocycles. The molecule has 2 heteroatoms. The zero-order valence-electron chi connectivity index (χ0n) is 12.9. The first-order chi connectivity index (χ1) is 8.89. The summed E-state index contributed by atoms with van der Waals surface area (Å²) in [5.74, 6) is 0.607. The highest BCUT2D eigenvalue weighted by molar-refractivity contribution is 5.32. The molecule has 2 N–H and O–H groups in total. The summed E-state index contributed by atoms with van der Waals surface area (Å²) in [6.07, 6.45) is 3.51. The topological polar surface area (TPSA) is 29.3 Å². The summed E-state index contributed by atoms with van der Waals surface area (Å²) in [5, 5.41) is 0. The fourth-order valence-electron chi connectivity index (χ4n) is 2.57. The van der Waals surface area contributed by atoms with E-state index < -0.39 is 0 Å². The summed E-state index contributed by atoms with van der Waals surface area (Å²) in [4.78, 5) is 2.38. The SMILES string of the molecule is Cc1ccc(C(C)C)cc1CCN(C)CC1(N)CC1. The number of hydrogen-bond acceptors (Lipinski definition) is 2. The zero-order chi connectivity index (χ0) is 14.0. The maximum atomic E-state index is 6.17. The lowest BCUT2D eigenvalue weighted by Crippen LogP contribution is -2.38. The van der Waals surface area contributed by atoms with E-state index in [9.17, 15) is 0 Å². The van der Waals surface area contributed by atoms with Crippen LogP contribution >= 0.6 is 0 Å². The molecule has 106 valence electrons. The third-order valence-corrected chi connectivity index (χ3v) is 4.28. The molecule has 0 aromatic heterocycles. The Morgan fingerprint density at radius 2 is 2.00 bits per heavy atom. The zero-order valence-corrected chi connectivity index (χ0v) is 12.9. The number of aryl methyl sites for hydroxylation is 1. The van der Waals surface area contributed by atoms with Crippen LogP contribution in [0.15, 0.2) is 18.2 Å². The Kier molecular flexibility index (Phi) is 4.32. The Morgan fingerprint density at radius 1 is 1.32 bits per heavy atom. The van der Waals surface area contributed by atoms with Gasteiger partial charge in [-0.3, -0.25) is 0 Å². The minimum Gasteiger partial charge on any atom is -0.324 e. The van der Waals surface area contributed by atoms with Gasteiger partial charge in [0.2, 0.25) is 0 Å². The van der Waals surface area contributed by atoms with E-state index >= 15 is 0 Å². The van der Waals surface area contributed by atoms with Crippen LogP contribution < -0.4 is 5.73 Å². The van der Waals surface area contributed by atoms with Crippen molar-refractivity contribution in [2.24, 2.45) is 5.73 Å². The quantitative estimate of drug-likeness (QED) is 0.851. The maximum absolute atomic E-state index is 6.17. The molecule has 1 aromatic carbocycles. The van der Waals surface area contributed by atoms with E-state index in [1.807, 2.05) is 0 Å². The van der Waals surface area contributed by atoms with Crippen molar-refractivity contribution >= 4 is 0 Å². The molecule has 0 unspecified atom stereocenters. The highest BCUT2D eigenvalue weighted by Crippen LogP contribution is 2.32. The van der Waals surface area contributed by atoms with Crippen LogP contribution in [0.25, 0.3) is 0 Å². The Balaban J connectivity index is 1.92. The van der Waals surface area contributed by atoms with Gasteiger partial charge in [0.15, 0.2) is 0 Å². The van der Waals surface area contributed by atoms with E-state index in [1.54, 1.807) is 0 Å². The van der Waals surface area contributed by atoms with Gasteiger partial charge in [-0.2, -0.15) is 0 Å². The fraction of sp³-hybridized carbons (Fsp3) is 0.647. The van der Waals surface area contributed by atoms with Gasteiger partial charge >= 0.3 is 0 Å². The molecular formula is C17H28N2. The molecule has 0 heterocycles. The minimum atomic E-state index is 0.129. The predicted molar refractivity (Wildman–Crippen MR) is 82.6 cm³/mol. The summed E-state index contributed by atoms with van der Waals surface area (Å²) < 4.78 is 0.